The molecule has 3 fully saturated rings. The zero-order chi connectivity index (χ0) is 30.8. The van der Waals surface area contributed by atoms with Crippen molar-refractivity contribution in [3.63, 3.8) is 0 Å². The number of fused-ring (bicyclic) bond motifs is 2. The number of carbonyl (C=O) groups is 3. The molecular formula is C34H38BrN3O5S. The molecule has 0 aliphatic carbocycles. The van der Waals surface area contributed by atoms with E-state index in [1.54, 1.807) is 28.8 Å². The minimum Gasteiger partial charge on any atom is -0.494 e. The summed E-state index contributed by atoms with van der Waals surface area (Å²) in [4.78, 5) is 44.2. The molecule has 3 N–H and O–H groups in total. The second kappa shape index (κ2) is 13.1. The lowest BCUT2D eigenvalue weighted by atomic mass is 9.70. The Bertz CT molecular complexity index is 1540. The minimum atomic E-state index is -0.719. The van der Waals surface area contributed by atoms with Crippen LogP contribution in [0.5, 0.6) is 5.75 Å². The van der Waals surface area contributed by atoms with E-state index >= 15 is 0 Å². The largest absolute Gasteiger partial charge is 0.494 e. The first-order valence-corrected chi connectivity index (χ1v) is 17.2. The zero-order valence-corrected chi connectivity index (χ0v) is 27.1. The molecule has 6 rings (SSSR count). The van der Waals surface area contributed by atoms with Crippen molar-refractivity contribution in [2.24, 2.45) is 11.8 Å². The number of hydrogen-bond acceptors (Lipinski definition) is 6. The summed E-state index contributed by atoms with van der Waals surface area (Å²) < 4.78 is 4.81. The molecule has 3 aromatic rings. The van der Waals surface area contributed by atoms with E-state index in [1.807, 2.05) is 61.5 Å². The molecule has 3 aliphatic rings. The van der Waals surface area contributed by atoms with Gasteiger partial charge in [-0.25, -0.2) is 0 Å². The summed E-state index contributed by atoms with van der Waals surface area (Å²) in [5, 5.41) is 17.4. The van der Waals surface area contributed by atoms with Gasteiger partial charge in [0.25, 0.3) is 0 Å². The van der Waals surface area contributed by atoms with Crippen LogP contribution in [0.4, 0.5) is 11.4 Å². The molecule has 8 nitrogen and oxygen atoms in total. The number of aliphatic hydroxyl groups excluding tert-OH is 1. The van der Waals surface area contributed by atoms with Crippen molar-refractivity contribution in [2.45, 2.75) is 59.9 Å². The zero-order valence-electron chi connectivity index (χ0n) is 24.7. The van der Waals surface area contributed by atoms with Gasteiger partial charge in [0.05, 0.1) is 23.2 Å². The monoisotopic (exact) mass is 679 g/mol. The van der Waals surface area contributed by atoms with Crippen molar-refractivity contribution < 1.29 is 24.2 Å². The SMILES string of the molecule is CCOc1ccc(NC(=O)[C@H]2[C@H]3C(=O)N(CCCCCCO)C(C(=O)Nc4ccc5ccccc5c4)C34CC(Br)[C@@H]2S4)cc1. The van der Waals surface area contributed by atoms with Crippen LogP contribution in [0.15, 0.2) is 66.7 Å². The molecule has 3 saturated heterocycles. The lowest BCUT2D eigenvalue weighted by Crippen LogP contribution is -2.52. The molecule has 3 amide bonds. The first-order chi connectivity index (χ1) is 21.4. The predicted octanol–water partition coefficient (Wildman–Crippen LogP) is 5.83. The lowest BCUT2D eigenvalue weighted by Gasteiger charge is -2.35. The van der Waals surface area contributed by atoms with Crippen LogP contribution in [0.1, 0.15) is 39.0 Å². The molecule has 3 unspecified atom stereocenters. The second-order valence-corrected chi connectivity index (χ2v) is 14.5. The van der Waals surface area contributed by atoms with Crippen molar-refractivity contribution in [3.8, 4) is 5.75 Å². The first kappa shape index (κ1) is 30.9. The van der Waals surface area contributed by atoms with Gasteiger partial charge in [-0.05, 0) is 73.4 Å². The van der Waals surface area contributed by atoms with Crippen LogP contribution < -0.4 is 15.4 Å². The number of nitrogens with zero attached hydrogens (tertiary/aromatic N) is 1. The number of anilines is 2. The number of benzene rings is 3. The fourth-order valence-corrected chi connectivity index (χ4v) is 10.8. The average molecular weight is 681 g/mol. The number of ether oxygens (including phenoxy) is 1. The Kier molecular flexibility index (Phi) is 9.21. The third-order valence-electron chi connectivity index (χ3n) is 9.10. The van der Waals surface area contributed by atoms with Gasteiger partial charge in [-0.15, -0.1) is 11.8 Å². The molecule has 3 aliphatic heterocycles. The lowest BCUT2D eigenvalue weighted by molar-refractivity contribution is -0.138. The first-order valence-electron chi connectivity index (χ1n) is 15.4. The molecule has 0 aromatic heterocycles. The number of aliphatic hydroxyl groups is 1. The normalized spacial score (nSPS) is 27.0. The van der Waals surface area contributed by atoms with E-state index in [1.165, 1.54) is 0 Å². The van der Waals surface area contributed by atoms with E-state index in [0.29, 0.717) is 37.4 Å². The Morgan fingerprint density at radius 3 is 2.43 bits per heavy atom. The molecule has 44 heavy (non-hydrogen) atoms. The van der Waals surface area contributed by atoms with Gasteiger partial charge >= 0.3 is 0 Å². The van der Waals surface area contributed by atoms with Crippen LogP contribution in [-0.2, 0) is 14.4 Å². The van der Waals surface area contributed by atoms with Gasteiger partial charge in [0, 0.05) is 34.6 Å². The number of carbonyl (C=O) groups excluding carboxylic acids is 3. The highest BCUT2D eigenvalue weighted by atomic mass is 79.9. The van der Waals surface area contributed by atoms with Gasteiger partial charge in [0.15, 0.2) is 0 Å². The Hall–Kier alpha value is -3.08. The van der Waals surface area contributed by atoms with Gasteiger partial charge in [0.1, 0.15) is 11.8 Å². The Labute approximate surface area is 270 Å². The predicted molar refractivity (Wildman–Crippen MR) is 178 cm³/mol. The van der Waals surface area contributed by atoms with E-state index in [0.717, 1.165) is 35.8 Å². The van der Waals surface area contributed by atoms with Gasteiger partial charge in [-0.2, -0.15) is 0 Å². The molecule has 0 saturated carbocycles. The summed E-state index contributed by atoms with van der Waals surface area (Å²) in [6, 6.07) is 20.4. The molecule has 6 atom stereocenters. The maximum atomic E-state index is 14.3. The molecular weight excluding hydrogens is 642 g/mol. The van der Waals surface area contributed by atoms with Gasteiger partial charge in [-0.1, -0.05) is 59.1 Å². The number of rotatable bonds is 12. The number of thioether (sulfide) groups is 1. The number of likely N-dealkylation sites (tertiary alicyclic amines) is 1. The number of hydrogen-bond donors (Lipinski definition) is 3. The molecule has 232 valence electrons. The quantitative estimate of drug-likeness (QED) is 0.164. The maximum Gasteiger partial charge on any atom is 0.248 e. The second-order valence-electron chi connectivity index (χ2n) is 11.8. The van der Waals surface area contributed by atoms with E-state index < -0.39 is 22.6 Å². The van der Waals surface area contributed by atoms with Crippen LogP contribution in [0, 0.1) is 11.8 Å². The van der Waals surface area contributed by atoms with Crippen LogP contribution >= 0.6 is 27.7 Å². The van der Waals surface area contributed by atoms with E-state index in [9.17, 15) is 19.5 Å². The van der Waals surface area contributed by atoms with Crippen molar-refractivity contribution in [1.29, 1.82) is 0 Å². The Balaban J connectivity index is 1.28. The third kappa shape index (κ3) is 5.72. The Morgan fingerprint density at radius 2 is 1.68 bits per heavy atom. The number of alkyl halides is 1. The summed E-state index contributed by atoms with van der Waals surface area (Å²) >= 11 is 5.47. The molecule has 0 radical (unpaired) electrons. The number of amides is 3. The summed E-state index contributed by atoms with van der Waals surface area (Å²) in [5.41, 5.74) is 1.32. The minimum absolute atomic E-state index is 0.00639. The smallest absolute Gasteiger partial charge is 0.248 e. The molecule has 2 bridgehead atoms. The van der Waals surface area contributed by atoms with Crippen molar-refractivity contribution in [2.75, 3.05) is 30.4 Å². The molecule has 3 aromatic carbocycles. The molecule has 1 spiro atoms. The third-order valence-corrected chi connectivity index (χ3v) is 12.3. The maximum absolute atomic E-state index is 14.3. The summed E-state index contributed by atoms with van der Waals surface area (Å²) in [6.07, 6.45) is 3.77. The highest BCUT2D eigenvalue weighted by Crippen LogP contribution is 2.67. The van der Waals surface area contributed by atoms with Crippen molar-refractivity contribution in [3.05, 3.63) is 66.7 Å². The van der Waals surface area contributed by atoms with Crippen LogP contribution in [0.3, 0.4) is 0 Å². The van der Waals surface area contributed by atoms with Gasteiger partial charge < -0.3 is 25.4 Å². The van der Waals surface area contributed by atoms with Gasteiger partial charge in [0.2, 0.25) is 17.7 Å². The standard InChI is InChI=1S/C34H38BrN3O5S/c1-2-43-25-15-13-23(14-16-25)36-31(40)27-28-33(42)38(17-7-3-4-8-18-39)30(34(28)20-26(35)29(27)44-34)32(41)37-24-12-11-21-9-5-6-10-22(21)19-24/h5-6,9-16,19,26-30,39H,2-4,7-8,17-18,20H2,1H3,(H,36,40)(H,37,41)/t26?,27-,28-,29-,30?,34?/m0/s1. The summed E-state index contributed by atoms with van der Waals surface area (Å²) in [6.45, 7) is 3.05. The van der Waals surface area contributed by atoms with Crippen molar-refractivity contribution >= 4 is 67.6 Å². The average Bonchev–Trinajstić information content (AvgIpc) is 3.61. The summed E-state index contributed by atoms with van der Waals surface area (Å²) in [7, 11) is 0. The fraction of sp³-hybridized carbons (Fsp3) is 0.441. The topological polar surface area (TPSA) is 108 Å². The van der Waals surface area contributed by atoms with Crippen LogP contribution in [-0.4, -0.2) is 68.4 Å². The molecule has 3 heterocycles. The van der Waals surface area contributed by atoms with E-state index in [-0.39, 0.29) is 34.4 Å². The van der Waals surface area contributed by atoms with Crippen LogP contribution in [0.25, 0.3) is 10.8 Å². The number of nitrogens with one attached hydrogen (secondary N) is 2. The Morgan fingerprint density at radius 1 is 0.977 bits per heavy atom. The van der Waals surface area contributed by atoms with E-state index in [4.69, 9.17) is 4.74 Å². The van der Waals surface area contributed by atoms with Crippen LogP contribution in [0.2, 0.25) is 0 Å². The highest BCUT2D eigenvalue weighted by molar-refractivity contribution is 9.09. The van der Waals surface area contributed by atoms with Gasteiger partial charge in [-0.3, -0.25) is 14.4 Å². The van der Waals surface area contributed by atoms with Crippen molar-refractivity contribution in [1.82, 2.24) is 4.90 Å². The highest BCUT2D eigenvalue weighted by Gasteiger charge is 2.75. The van der Waals surface area contributed by atoms with E-state index in [2.05, 4.69) is 26.6 Å². The number of unbranched alkanes of at least 4 members (excludes halogenated alkanes) is 3. The summed E-state index contributed by atoms with van der Waals surface area (Å²) in [5.74, 6) is -0.985. The number of halogens is 1. The molecule has 10 heteroatoms. The fourth-order valence-electron chi connectivity index (χ4n) is 7.22.